The Morgan fingerprint density at radius 1 is 1.75 bits per heavy atom. The Morgan fingerprint density at radius 2 is 2.12 bits per heavy atom. The second-order valence-corrected chi connectivity index (χ2v) is 1.64. The van der Waals surface area contributed by atoms with Gasteiger partial charge in [0.1, 0.15) is 0 Å². The molecule has 0 saturated carbocycles. The molecule has 1 atom stereocenters. The summed E-state index contributed by atoms with van der Waals surface area (Å²) >= 11 is 0. The molecule has 0 aliphatic rings. The third kappa shape index (κ3) is 1.88. The van der Waals surface area contributed by atoms with E-state index in [2.05, 4.69) is 0 Å². The molecule has 0 saturated heterocycles. The Labute approximate surface area is 46.7 Å². The van der Waals surface area contributed by atoms with Gasteiger partial charge in [-0.15, -0.1) is 0 Å². The Hall–Kier alpha value is -0.640. The van der Waals surface area contributed by atoms with Gasteiger partial charge in [0.05, 0.1) is 0 Å². The van der Waals surface area contributed by atoms with E-state index in [-0.39, 0.29) is 0 Å². The summed E-state index contributed by atoms with van der Waals surface area (Å²) in [6, 6.07) is 0. The minimum Gasteiger partial charge on any atom is -0.478 e. The van der Waals surface area contributed by atoms with Gasteiger partial charge in [0.2, 0.25) is 0 Å². The molecule has 4 heteroatoms. The van der Waals surface area contributed by atoms with Gasteiger partial charge in [-0.2, -0.15) is 0 Å². The molecule has 0 rings (SSSR count). The van der Waals surface area contributed by atoms with Crippen molar-refractivity contribution in [1.82, 2.24) is 4.90 Å². The molecule has 0 bridgehead atoms. The van der Waals surface area contributed by atoms with Crippen LogP contribution in [0.3, 0.4) is 0 Å². The van der Waals surface area contributed by atoms with E-state index in [0.717, 1.165) is 4.90 Å². The first-order valence-electron chi connectivity index (χ1n) is 2.09. The molecule has 0 heterocycles. The fourth-order valence-corrected chi connectivity index (χ4v) is 0.221. The van der Waals surface area contributed by atoms with Gasteiger partial charge in [-0.1, -0.05) is 0 Å². The molecule has 0 spiro atoms. The number of carboxylic acid groups (broad SMARTS) is 1. The van der Waals surface area contributed by atoms with E-state index in [1.54, 1.807) is 0 Å². The first kappa shape index (κ1) is 7.36. The van der Waals surface area contributed by atoms with Crippen LogP contribution in [0.25, 0.3) is 0 Å². The minimum absolute atomic E-state index is 0.975. The van der Waals surface area contributed by atoms with Gasteiger partial charge in [-0.05, 0) is 14.1 Å². The van der Waals surface area contributed by atoms with Crippen molar-refractivity contribution < 1.29 is 14.3 Å². The highest BCUT2D eigenvalue weighted by Gasteiger charge is 2.16. The van der Waals surface area contributed by atoms with Crippen molar-refractivity contribution in [3.8, 4) is 0 Å². The van der Waals surface area contributed by atoms with E-state index in [1.165, 1.54) is 14.1 Å². The first-order valence-corrected chi connectivity index (χ1v) is 2.09. The Balaban J connectivity index is 3.64. The number of hydrogen-bond donors (Lipinski definition) is 1. The summed E-state index contributed by atoms with van der Waals surface area (Å²) in [5.74, 6) is -1.45. The van der Waals surface area contributed by atoms with Crippen molar-refractivity contribution in [3.63, 3.8) is 0 Å². The number of nitrogens with zero attached hydrogens (tertiary/aromatic N) is 1. The molecule has 1 N–H and O–H groups in total. The zero-order valence-corrected chi connectivity index (χ0v) is 4.76. The molecule has 0 amide bonds. The van der Waals surface area contributed by atoms with Crippen molar-refractivity contribution in [2.75, 3.05) is 14.1 Å². The number of hydrogen-bond acceptors (Lipinski definition) is 2. The van der Waals surface area contributed by atoms with Gasteiger partial charge < -0.3 is 5.11 Å². The lowest BCUT2D eigenvalue weighted by Crippen LogP contribution is -2.30. The van der Waals surface area contributed by atoms with Crippen molar-refractivity contribution in [2.45, 2.75) is 6.30 Å². The molecular formula is C4H8FNO2. The van der Waals surface area contributed by atoms with Crippen LogP contribution in [0.5, 0.6) is 0 Å². The van der Waals surface area contributed by atoms with E-state index in [1.807, 2.05) is 0 Å². The summed E-state index contributed by atoms with van der Waals surface area (Å²) in [6.07, 6.45) is -1.88. The van der Waals surface area contributed by atoms with Gasteiger partial charge in [0, 0.05) is 0 Å². The Kier molecular flexibility index (Phi) is 2.41. The third-order valence-corrected chi connectivity index (χ3v) is 0.657. The first-order chi connectivity index (χ1) is 3.55. The number of carbonyl (C=O) groups is 1. The number of aliphatic carboxylic acids is 1. The molecule has 0 aromatic rings. The van der Waals surface area contributed by atoms with E-state index >= 15 is 0 Å². The molecule has 3 nitrogen and oxygen atoms in total. The monoisotopic (exact) mass is 121 g/mol. The van der Waals surface area contributed by atoms with Crippen LogP contribution in [0, 0.1) is 0 Å². The van der Waals surface area contributed by atoms with E-state index in [4.69, 9.17) is 5.11 Å². The standard InChI is InChI=1S/C4H8FNO2/c1-6(2)3(5)4(7)8/h3H,1-2H3,(H,7,8). The van der Waals surface area contributed by atoms with Crippen LogP contribution in [-0.4, -0.2) is 36.4 Å². The van der Waals surface area contributed by atoms with Crippen LogP contribution in [0.4, 0.5) is 4.39 Å². The lowest BCUT2D eigenvalue weighted by molar-refractivity contribution is -0.148. The second kappa shape index (κ2) is 2.61. The van der Waals surface area contributed by atoms with Crippen molar-refractivity contribution in [2.24, 2.45) is 0 Å². The van der Waals surface area contributed by atoms with E-state index < -0.39 is 12.3 Å². The minimum atomic E-state index is -1.88. The van der Waals surface area contributed by atoms with Crippen molar-refractivity contribution in [3.05, 3.63) is 0 Å². The number of alkyl halides is 1. The van der Waals surface area contributed by atoms with Crippen LogP contribution >= 0.6 is 0 Å². The number of halogens is 1. The number of likely N-dealkylation sites (N-methyl/N-ethyl adjacent to an activating group) is 1. The molecular weight excluding hydrogens is 113 g/mol. The Morgan fingerprint density at radius 3 is 2.12 bits per heavy atom. The number of carboxylic acids is 1. The zero-order chi connectivity index (χ0) is 6.73. The fraction of sp³-hybridized carbons (Fsp3) is 0.750. The Bertz CT molecular complexity index is 94.0. The average Bonchev–Trinajstić information content (AvgIpc) is 1.64. The molecule has 0 fully saturated rings. The maximum atomic E-state index is 12.0. The van der Waals surface area contributed by atoms with Crippen molar-refractivity contribution in [1.29, 1.82) is 0 Å². The summed E-state index contributed by atoms with van der Waals surface area (Å²) in [6.45, 7) is 0. The molecule has 0 aliphatic carbocycles. The van der Waals surface area contributed by atoms with Crippen LogP contribution in [0.2, 0.25) is 0 Å². The molecule has 48 valence electrons. The topological polar surface area (TPSA) is 40.5 Å². The smallest absolute Gasteiger partial charge is 0.353 e. The van der Waals surface area contributed by atoms with Gasteiger partial charge in [0.15, 0.2) is 0 Å². The fourth-order valence-electron chi connectivity index (χ4n) is 0.221. The second-order valence-electron chi connectivity index (χ2n) is 1.64. The average molecular weight is 121 g/mol. The third-order valence-electron chi connectivity index (χ3n) is 0.657. The number of rotatable bonds is 2. The van der Waals surface area contributed by atoms with Crippen LogP contribution < -0.4 is 0 Å². The summed E-state index contributed by atoms with van der Waals surface area (Å²) in [5.41, 5.74) is 0. The molecule has 0 aliphatic heterocycles. The highest BCUT2D eigenvalue weighted by atomic mass is 19.1. The lowest BCUT2D eigenvalue weighted by Gasteiger charge is -2.09. The van der Waals surface area contributed by atoms with Crippen molar-refractivity contribution >= 4 is 5.97 Å². The summed E-state index contributed by atoms with van der Waals surface area (Å²) < 4.78 is 12.0. The van der Waals surface area contributed by atoms with Gasteiger partial charge in [-0.3, -0.25) is 4.90 Å². The summed E-state index contributed by atoms with van der Waals surface area (Å²) in [4.78, 5) is 10.7. The van der Waals surface area contributed by atoms with Gasteiger partial charge in [0.25, 0.3) is 6.30 Å². The maximum absolute atomic E-state index is 12.0. The van der Waals surface area contributed by atoms with Gasteiger partial charge in [-0.25, -0.2) is 9.18 Å². The van der Waals surface area contributed by atoms with E-state index in [0.29, 0.717) is 0 Å². The molecule has 8 heavy (non-hydrogen) atoms. The zero-order valence-electron chi connectivity index (χ0n) is 4.76. The molecule has 1 unspecified atom stereocenters. The van der Waals surface area contributed by atoms with E-state index in [9.17, 15) is 9.18 Å². The molecule has 0 aromatic carbocycles. The van der Waals surface area contributed by atoms with Gasteiger partial charge >= 0.3 is 5.97 Å². The largest absolute Gasteiger partial charge is 0.478 e. The lowest BCUT2D eigenvalue weighted by atomic mass is 10.6. The normalized spacial score (nSPS) is 14.0. The van der Waals surface area contributed by atoms with Crippen LogP contribution in [0.15, 0.2) is 0 Å². The SMILES string of the molecule is CN(C)C(F)C(=O)O. The highest BCUT2D eigenvalue weighted by Crippen LogP contribution is 1.92. The highest BCUT2D eigenvalue weighted by molar-refractivity contribution is 5.71. The summed E-state index contributed by atoms with van der Waals surface area (Å²) in [7, 11) is 2.72. The van der Waals surface area contributed by atoms with Crippen LogP contribution in [-0.2, 0) is 4.79 Å². The van der Waals surface area contributed by atoms with Crippen LogP contribution in [0.1, 0.15) is 0 Å². The quantitative estimate of drug-likeness (QED) is 0.520. The molecule has 0 radical (unpaired) electrons. The summed E-state index contributed by atoms with van der Waals surface area (Å²) in [5, 5.41) is 7.94. The maximum Gasteiger partial charge on any atom is 0.353 e. The molecule has 0 aromatic heterocycles. The predicted octanol–water partition coefficient (Wildman–Crippen LogP) is -0.0718. The predicted molar refractivity (Wildman–Crippen MR) is 26.2 cm³/mol.